The Labute approximate surface area is 233 Å². The maximum absolute atomic E-state index is 5.03. The van der Waals surface area contributed by atoms with Crippen molar-refractivity contribution in [3.8, 4) is 22.5 Å². The van der Waals surface area contributed by atoms with Gasteiger partial charge in [0.25, 0.3) is 0 Å². The highest BCUT2D eigenvalue weighted by atomic mass is 15.1. The molecule has 0 N–H and O–H groups in total. The van der Waals surface area contributed by atoms with Crippen molar-refractivity contribution in [1.82, 2.24) is 9.55 Å². The molecule has 1 aromatic heterocycles. The lowest BCUT2D eigenvalue weighted by atomic mass is 9.90. The molecule has 0 bridgehead atoms. The highest BCUT2D eigenvalue weighted by molar-refractivity contribution is 6.23. The fraction of sp³-hybridized carbons (Fsp3) is 0.0263. The fourth-order valence-electron chi connectivity index (χ4n) is 5.83. The SMILES string of the molecule is C=C/C(=C\C=C/C)n1c(-c2ccc(-c3cc4ccc5ccccc5c4c4ccccc34)cc2)nc2ccccc21. The summed E-state index contributed by atoms with van der Waals surface area (Å²) in [6, 6.07) is 41.3. The largest absolute Gasteiger partial charge is 0.292 e. The van der Waals surface area contributed by atoms with Crippen LogP contribution in [-0.4, -0.2) is 9.55 Å². The molecule has 7 aromatic rings. The van der Waals surface area contributed by atoms with Crippen LogP contribution in [0.1, 0.15) is 6.92 Å². The average molecular weight is 513 g/mol. The molecule has 6 aromatic carbocycles. The van der Waals surface area contributed by atoms with Crippen LogP contribution < -0.4 is 0 Å². The number of nitrogens with zero attached hydrogens (tertiary/aromatic N) is 2. The van der Waals surface area contributed by atoms with Gasteiger partial charge in [0.15, 0.2) is 0 Å². The second kappa shape index (κ2) is 9.83. The number of fused-ring (bicyclic) bond motifs is 6. The molecule has 0 saturated carbocycles. The van der Waals surface area contributed by atoms with Crippen LogP contribution in [0.5, 0.6) is 0 Å². The third-order valence-corrected chi connectivity index (χ3v) is 7.69. The Kier molecular flexibility index (Phi) is 5.87. The van der Waals surface area contributed by atoms with Gasteiger partial charge in [-0.1, -0.05) is 116 Å². The van der Waals surface area contributed by atoms with Gasteiger partial charge in [-0.15, -0.1) is 0 Å². The summed E-state index contributed by atoms with van der Waals surface area (Å²) < 4.78 is 2.19. The van der Waals surface area contributed by atoms with Crippen LogP contribution in [0.15, 0.2) is 146 Å². The Morgan fingerprint density at radius 1 is 0.700 bits per heavy atom. The molecule has 0 unspecified atom stereocenters. The maximum atomic E-state index is 5.03. The zero-order valence-electron chi connectivity index (χ0n) is 22.4. The van der Waals surface area contributed by atoms with E-state index < -0.39 is 0 Å². The fourth-order valence-corrected chi connectivity index (χ4v) is 5.83. The number of allylic oxidation sites excluding steroid dienone is 5. The average Bonchev–Trinajstić information content (AvgIpc) is 3.40. The molecular weight excluding hydrogens is 484 g/mol. The van der Waals surface area contributed by atoms with Crippen molar-refractivity contribution in [1.29, 1.82) is 0 Å². The molecule has 2 nitrogen and oxygen atoms in total. The second-order valence-electron chi connectivity index (χ2n) is 10.0. The third kappa shape index (κ3) is 3.85. The topological polar surface area (TPSA) is 17.8 Å². The summed E-state index contributed by atoms with van der Waals surface area (Å²) in [6.45, 7) is 6.10. The van der Waals surface area contributed by atoms with E-state index in [9.17, 15) is 0 Å². The highest BCUT2D eigenvalue weighted by Crippen LogP contribution is 2.39. The molecule has 0 spiro atoms. The number of hydrogen-bond acceptors (Lipinski definition) is 1. The number of para-hydroxylation sites is 2. The van der Waals surface area contributed by atoms with E-state index >= 15 is 0 Å². The quantitative estimate of drug-likeness (QED) is 0.166. The van der Waals surface area contributed by atoms with E-state index in [0.717, 1.165) is 28.1 Å². The molecule has 7 rings (SSSR count). The summed E-state index contributed by atoms with van der Waals surface area (Å²) in [5, 5.41) is 7.66. The van der Waals surface area contributed by atoms with E-state index in [1.165, 1.54) is 43.4 Å². The third-order valence-electron chi connectivity index (χ3n) is 7.69. The van der Waals surface area contributed by atoms with Crippen LogP contribution in [0.2, 0.25) is 0 Å². The number of benzene rings is 6. The van der Waals surface area contributed by atoms with E-state index in [1.54, 1.807) is 0 Å². The molecule has 0 aliphatic carbocycles. The Morgan fingerprint density at radius 2 is 1.38 bits per heavy atom. The summed E-state index contributed by atoms with van der Waals surface area (Å²) in [5.74, 6) is 0.901. The van der Waals surface area contributed by atoms with Gasteiger partial charge in [0.1, 0.15) is 5.82 Å². The van der Waals surface area contributed by atoms with Crippen molar-refractivity contribution in [2.45, 2.75) is 6.92 Å². The number of imidazole rings is 1. The van der Waals surface area contributed by atoms with Crippen molar-refractivity contribution in [2.24, 2.45) is 0 Å². The molecule has 2 heteroatoms. The number of rotatable bonds is 5. The van der Waals surface area contributed by atoms with Crippen molar-refractivity contribution in [2.75, 3.05) is 0 Å². The maximum Gasteiger partial charge on any atom is 0.145 e. The minimum Gasteiger partial charge on any atom is -0.292 e. The van der Waals surface area contributed by atoms with Gasteiger partial charge in [0, 0.05) is 11.3 Å². The highest BCUT2D eigenvalue weighted by Gasteiger charge is 2.16. The van der Waals surface area contributed by atoms with Crippen LogP contribution >= 0.6 is 0 Å². The van der Waals surface area contributed by atoms with E-state index in [4.69, 9.17) is 4.98 Å². The van der Waals surface area contributed by atoms with Crippen LogP contribution in [0, 0.1) is 0 Å². The molecule has 0 aliphatic rings. The predicted octanol–water partition coefficient (Wildman–Crippen LogP) is 10.4. The van der Waals surface area contributed by atoms with Crippen LogP contribution in [0.25, 0.3) is 71.6 Å². The molecule has 0 saturated heterocycles. The monoisotopic (exact) mass is 512 g/mol. The summed E-state index contributed by atoms with van der Waals surface area (Å²) in [7, 11) is 0. The van der Waals surface area contributed by atoms with Gasteiger partial charge in [-0.2, -0.15) is 0 Å². The van der Waals surface area contributed by atoms with Gasteiger partial charge in [0.05, 0.1) is 11.0 Å². The summed E-state index contributed by atoms with van der Waals surface area (Å²) in [6.07, 6.45) is 8.02. The van der Waals surface area contributed by atoms with Gasteiger partial charge in [-0.25, -0.2) is 4.98 Å². The van der Waals surface area contributed by atoms with E-state index in [1.807, 2.05) is 31.2 Å². The smallest absolute Gasteiger partial charge is 0.145 e. The molecule has 0 radical (unpaired) electrons. The Morgan fingerprint density at radius 3 is 2.17 bits per heavy atom. The second-order valence-corrected chi connectivity index (χ2v) is 10.0. The van der Waals surface area contributed by atoms with Gasteiger partial charge in [-0.3, -0.25) is 4.57 Å². The normalized spacial score (nSPS) is 12.3. The lowest BCUT2D eigenvalue weighted by molar-refractivity contribution is 1.15. The summed E-state index contributed by atoms with van der Waals surface area (Å²) in [4.78, 5) is 5.03. The zero-order valence-corrected chi connectivity index (χ0v) is 22.4. The number of aromatic nitrogens is 2. The van der Waals surface area contributed by atoms with Gasteiger partial charge >= 0.3 is 0 Å². The first-order valence-electron chi connectivity index (χ1n) is 13.6. The van der Waals surface area contributed by atoms with Gasteiger partial charge in [-0.05, 0) is 80.7 Å². The lowest BCUT2D eigenvalue weighted by Crippen LogP contribution is -1.98. The minimum atomic E-state index is 0.901. The number of hydrogen-bond donors (Lipinski definition) is 0. The zero-order chi connectivity index (χ0) is 27.1. The Hall–Kier alpha value is -5.21. The van der Waals surface area contributed by atoms with E-state index in [-0.39, 0.29) is 0 Å². The van der Waals surface area contributed by atoms with Crippen LogP contribution in [0.3, 0.4) is 0 Å². The van der Waals surface area contributed by atoms with E-state index in [2.05, 4.69) is 126 Å². The molecule has 190 valence electrons. The minimum absolute atomic E-state index is 0.901. The molecule has 0 atom stereocenters. The lowest BCUT2D eigenvalue weighted by Gasteiger charge is -2.14. The molecule has 1 heterocycles. The van der Waals surface area contributed by atoms with Crippen molar-refractivity contribution in [3.63, 3.8) is 0 Å². The summed E-state index contributed by atoms with van der Waals surface area (Å²) in [5.41, 5.74) is 6.49. The molecule has 0 aliphatic heterocycles. The van der Waals surface area contributed by atoms with E-state index in [0.29, 0.717) is 0 Å². The van der Waals surface area contributed by atoms with Crippen molar-refractivity contribution in [3.05, 3.63) is 146 Å². The summed E-state index contributed by atoms with van der Waals surface area (Å²) >= 11 is 0. The Balaban J connectivity index is 1.41. The Bertz CT molecular complexity index is 2120. The van der Waals surface area contributed by atoms with Crippen molar-refractivity contribution < 1.29 is 0 Å². The standard InChI is InChI=1S/C38H28N2/c1-3-5-13-30(4-2)40-36-18-11-10-17-35(36)39-38(40)28-22-19-27(20-23-28)34-25-29-24-21-26-12-6-7-14-31(26)37(29)33-16-9-8-15-32(33)34/h3-25H,2H2,1H3/b5-3-,30-13+. The molecule has 0 amide bonds. The van der Waals surface area contributed by atoms with Gasteiger partial charge < -0.3 is 0 Å². The first kappa shape index (κ1) is 23.9. The van der Waals surface area contributed by atoms with Crippen LogP contribution in [0.4, 0.5) is 0 Å². The first-order valence-corrected chi connectivity index (χ1v) is 13.6. The van der Waals surface area contributed by atoms with Gasteiger partial charge in [0.2, 0.25) is 0 Å². The molecule has 0 fully saturated rings. The van der Waals surface area contributed by atoms with Crippen molar-refractivity contribution >= 4 is 49.0 Å². The van der Waals surface area contributed by atoms with Crippen LogP contribution in [-0.2, 0) is 0 Å². The predicted molar refractivity (Wildman–Crippen MR) is 172 cm³/mol. The first-order chi connectivity index (χ1) is 19.8. The molecule has 40 heavy (non-hydrogen) atoms. The molecular formula is C38H28N2.